The van der Waals surface area contributed by atoms with Crippen molar-refractivity contribution in [1.82, 2.24) is 9.29 Å². The second-order valence-electron chi connectivity index (χ2n) is 6.07. The number of aliphatic hydroxyl groups is 1. The van der Waals surface area contributed by atoms with E-state index in [1.807, 2.05) is 17.5 Å². The fourth-order valence-electron chi connectivity index (χ4n) is 2.96. The van der Waals surface area contributed by atoms with E-state index in [1.54, 1.807) is 27.8 Å². The van der Waals surface area contributed by atoms with Gasteiger partial charge in [-0.25, -0.2) is 13.4 Å². The van der Waals surface area contributed by atoms with Crippen LogP contribution >= 0.6 is 11.3 Å². The smallest absolute Gasteiger partial charge is 0.244 e. The molecule has 25 heavy (non-hydrogen) atoms. The zero-order valence-corrected chi connectivity index (χ0v) is 15.6. The molecule has 0 spiro atoms. The van der Waals surface area contributed by atoms with Crippen molar-refractivity contribution in [2.45, 2.75) is 36.6 Å². The normalized spacial score (nSPS) is 17.3. The summed E-state index contributed by atoms with van der Waals surface area (Å²) in [5.74, 6) is 0.601. The van der Waals surface area contributed by atoms with Crippen molar-refractivity contribution in [3.05, 3.63) is 40.7 Å². The van der Waals surface area contributed by atoms with Gasteiger partial charge in [0.05, 0.1) is 6.04 Å². The molecule has 0 amide bonds. The van der Waals surface area contributed by atoms with Crippen LogP contribution in [0, 0.1) is 0 Å². The number of hydrogen-bond donors (Lipinski definition) is 2. The molecule has 0 bridgehead atoms. The van der Waals surface area contributed by atoms with Gasteiger partial charge < -0.3 is 10.4 Å². The van der Waals surface area contributed by atoms with E-state index < -0.39 is 10.0 Å². The lowest BCUT2D eigenvalue weighted by Gasteiger charge is -2.25. The number of anilines is 1. The van der Waals surface area contributed by atoms with Gasteiger partial charge in [0.2, 0.25) is 10.0 Å². The van der Waals surface area contributed by atoms with Gasteiger partial charge in [-0.05, 0) is 42.8 Å². The highest BCUT2D eigenvalue weighted by molar-refractivity contribution is 7.89. The van der Waals surface area contributed by atoms with Crippen molar-refractivity contribution in [2.75, 3.05) is 25.0 Å². The van der Waals surface area contributed by atoms with Gasteiger partial charge in [0.25, 0.3) is 0 Å². The quantitative estimate of drug-likeness (QED) is 0.771. The third-order valence-electron chi connectivity index (χ3n) is 4.32. The van der Waals surface area contributed by atoms with Crippen LogP contribution in [0.15, 0.2) is 40.7 Å². The Kier molecular flexibility index (Phi) is 6.06. The van der Waals surface area contributed by atoms with Gasteiger partial charge in [-0.2, -0.15) is 4.31 Å². The van der Waals surface area contributed by atoms with Gasteiger partial charge in [-0.3, -0.25) is 0 Å². The molecular formula is C17H23N3O3S2. The third kappa shape index (κ3) is 4.38. The molecule has 3 rings (SSSR count). The number of nitrogens with one attached hydrogen (secondary N) is 1. The third-order valence-corrected chi connectivity index (χ3v) is 7.18. The highest BCUT2D eigenvalue weighted by Crippen LogP contribution is 2.26. The Labute approximate surface area is 152 Å². The van der Waals surface area contributed by atoms with Gasteiger partial charge in [0.15, 0.2) is 0 Å². The SMILES string of the molecule is O=S(=O)(c1ccc(NC(CCO)c2cccs2)nc1)N1CCCCC1. The number of sulfonamides is 1. The molecule has 0 aromatic carbocycles. The summed E-state index contributed by atoms with van der Waals surface area (Å²) >= 11 is 1.61. The Hall–Kier alpha value is -1.48. The second-order valence-corrected chi connectivity index (χ2v) is 8.99. The molecule has 1 fully saturated rings. The second kappa shape index (κ2) is 8.27. The van der Waals surface area contributed by atoms with Crippen LogP contribution in [-0.4, -0.2) is 42.5 Å². The maximum atomic E-state index is 12.6. The average molecular weight is 382 g/mol. The Bertz CT molecular complexity index is 755. The Morgan fingerprint density at radius 1 is 1.24 bits per heavy atom. The summed E-state index contributed by atoms with van der Waals surface area (Å²) in [5, 5.41) is 14.5. The van der Waals surface area contributed by atoms with E-state index in [-0.39, 0.29) is 17.5 Å². The number of piperidine rings is 1. The summed E-state index contributed by atoms with van der Waals surface area (Å²) in [5.41, 5.74) is 0. The first-order valence-electron chi connectivity index (χ1n) is 8.48. The fourth-order valence-corrected chi connectivity index (χ4v) is 5.23. The predicted octanol–water partition coefficient (Wildman–Crippen LogP) is 2.85. The molecule has 1 aliphatic rings. The predicted molar refractivity (Wildman–Crippen MR) is 99.2 cm³/mol. The minimum atomic E-state index is -3.46. The van der Waals surface area contributed by atoms with Gasteiger partial charge in [-0.1, -0.05) is 12.5 Å². The summed E-state index contributed by atoms with van der Waals surface area (Å²) in [6.07, 6.45) is 4.89. The largest absolute Gasteiger partial charge is 0.396 e. The Morgan fingerprint density at radius 3 is 2.64 bits per heavy atom. The van der Waals surface area contributed by atoms with Crippen LogP contribution in [0.25, 0.3) is 0 Å². The molecular weight excluding hydrogens is 358 g/mol. The van der Waals surface area contributed by atoms with Crippen molar-refractivity contribution in [2.24, 2.45) is 0 Å². The van der Waals surface area contributed by atoms with Crippen LogP contribution in [0.5, 0.6) is 0 Å². The van der Waals surface area contributed by atoms with E-state index in [2.05, 4.69) is 10.3 Å². The minimum Gasteiger partial charge on any atom is -0.396 e. The molecule has 2 N–H and O–H groups in total. The molecule has 6 nitrogen and oxygen atoms in total. The van der Waals surface area contributed by atoms with E-state index in [1.165, 1.54) is 6.20 Å². The van der Waals surface area contributed by atoms with Crippen LogP contribution in [0.1, 0.15) is 36.6 Å². The molecule has 0 aliphatic carbocycles. The molecule has 0 saturated carbocycles. The summed E-state index contributed by atoms with van der Waals surface area (Å²) in [7, 11) is -3.46. The lowest BCUT2D eigenvalue weighted by molar-refractivity contribution is 0.280. The van der Waals surface area contributed by atoms with Crippen molar-refractivity contribution in [3.63, 3.8) is 0 Å². The van der Waals surface area contributed by atoms with Crippen molar-refractivity contribution in [1.29, 1.82) is 0 Å². The minimum absolute atomic E-state index is 0.0398. The highest BCUT2D eigenvalue weighted by atomic mass is 32.2. The standard InChI is InChI=1S/C17H23N3O3S2/c21-11-8-15(16-5-4-12-24-16)19-17-7-6-14(13-18-17)25(22,23)20-9-2-1-3-10-20/h4-7,12-13,15,21H,1-3,8-11H2,(H,18,19). The molecule has 136 valence electrons. The monoisotopic (exact) mass is 381 g/mol. The van der Waals surface area contributed by atoms with Gasteiger partial charge in [0, 0.05) is 30.8 Å². The zero-order chi connectivity index (χ0) is 17.7. The Balaban J connectivity index is 1.73. The molecule has 1 aliphatic heterocycles. The molecule has 1 atom stereocenters. The maximum absolute atomic E-state index is 12.6. The number of hydrogen-bond acceptors (Lipinski definition) is 6. The van der Waals surface area contributed by atoms with Crippen molar-refractivity contribution >= 4 is 27.2 Å². The molecule has 2 aromatic heterocycles. The topological polar surface area (TPSA) is 82.5 Å². The van der Waals surface area contributed by atoms with E-state index >= 15 is 0 Å². The molecule has 1 unspecified atom stereocenters. The zero-order valence-electron chi connectivity index (χ0n) is 14.0. The number of aliphatic hydroxyl groups excluding tert-OH is 1. The molecule has 1 saturated heterocycles. The van der Waals surface area contributed by atoms with Crippen LogP contribution in [0.3, 0.4) is 0 Å². The molecule has 8 heteroatoms. The average Bonchev–Trinajstić information content (AvgIpc) is 3.17. The fraction of sp³-hybridized carbons (Fsp3) is 0.471. The van der Waals surface area contributed by atoms with E-state index in [0.29, 0.717) is 25.3 Å². The van der Waals surface area contributed by atoms with Gasteiger partial charge >= 0.3 is 0 Å². The summed E-state index contributed by atoms with van der Waals surface area (Å²) < 4.78 is 26.8. The number of aromatic nitrogens is 1. The van der Waals surface area contributed by atoms with Gasteiger partial charge in [0.1, 0.15) is 10.7 Å². The van der Waals surface area contributed by atoms with Crippen molar-refractivity contribution < 1.29 is 13.5 Å². The first kappa shape index (κ1) is 18.3. The first-order chi connectivity index (χ1) is 12.1. The van der Waals surface area contributed by atoms with Crippen LogP contribution in [-0.2, 0) is 10.0 Å². The van der Waals surface area contributed by atoms with E-state index in [0.717, 1.165) is 24.1 Å². The molecule has 2 aromatic rings. The van der Waals surface area contributed by atoms with E-state index in [9.17, 15) is 13.5 Å². The maximum Gasteiger partial charge on any atom is 0.244 e. The van der Waals surface area contributed by atoms with E-state index in [4.69, 9.17) is 0 Å². The van der Waals surface area contributed by atoms with Gasteiger partial charge in [-0.15, -0.1) is 11.3 Å². The van der Waals surface area contributed by atoms with Crippen LogP contribution < -0.4 is 5.32 Å². The Morgan fingerprint density at radius 2 is 2.04 bits per heavy atom. The summed E-state index contributed by atoms with van der Waals surface area (Å²) in [6, 6.07) is 7.22. The van der Waals surface area contributed by atoms with Crippen LogP contribution in [0.4, 0.5) is 5.82 Å². The number of pyridine rings is 1. The lowest BCUT2D eigenvalue weighted by atomic mass is 10.2. The number of thiophene rings is 1. The summed E-state index contributed by atoms with van der Waals surface area (Å²) in [4.78, 5) is 5.62. The lowest BCUT2D eigenvalue weighted by Crippen LogP contribution is -2.35. The highest BCUT2D eigenvalue weighted by Gasteiger charge is 2.26. The number of nitrogens with zero attached hydrogens (tertiary/aromatic N) is 2. The van der Waals surface area contributed by atoms with Crippen molar-refractivity contribution in [3.8, 4) is 0 Å². The molecule has 3 heterocycles. The summed E-state index contributed by atoms with van der Waals surface area (Å²) in [6.45, 7) is 1.23. The number of rotatable bonds is 7. The van der Waals surface area contributed by atoms with Crippen LogP contribution in [0.2, 0.25) is 0 Å². The first-order valence-corrected chi connectivity index (χ1v) is 10.8. The molecule has 0 radical (unpaired) electrons.